The molecule has 0 aromatic heterocycles. The van der Waals surface area contributed by atoms with Gasteiger partial charge >= 0.3 is 5.97 Å². The average molecular weight is 335 g/mol. The van der Waals surface area contributed by atoms with Crippen LogP contribution >= 0.6 is 15.9 Å². The fourth-order valence-electron chi connectivity index (χ4n) is 1.74. The van der Waals surface area contributed by atoms with Crippen LogP contribution in [0.5, 0.6) is 11.5 Å². The second kappa shape index (κ2) is 6.09. The van der Waals surface area contributed by atoms with Gasteiger partial charge < -0.3 is 9.47 Å². The summed E-state index contributed by atoms with van der Waals surface area (Å²) in [5, 5.41) is 0. The van der Waals surface area contributed by atoms with Gasteiger partial charge in [-0.2, -0.15) is 0 Å². The molecule has 20 heavy (non-hydrogen) atoms. The van der Waals surface area contributed by atoms with E-state index in [2.05, 4.69) is 15.9 Å². The van der Waals surface area contributed by atoms with Crippen LogP contribution in [0.3, 0.4) is 0 Å². The SMILES string of the molecule is COc1ccc(C(=O)Oc2ccc(C)c(C)c2)cc1Br. The highest BCUT2D eigenvalue weighted by atomic mass is 79.9. The summed E-state index contributed by atoms with van der Waals surface area (Å²) in [6, 6.07) is 10.7. The maximum absolute atomic E-state index is 12.1. The lowest BCUT2D eigenvalue weighted by Crippen LogP contribution is -2.08. The highest BCUT2D eigenvalue weighted by Crippen LogP contribution is 2.26. The molecule has 2 aromatic rings. The van der Waals surface area contributed by atoms with Crippen LogP contribution in [-0.4, -0.2) is 13.1 Å². The first-order valence-corrected chi connectivity index (χ1v) is 6.93. The molecule has 2 rings (SSSR count). The molecule has 0 unspecified atom stereocenters. The number of halogens is 1. The Kier molecular flexibility index (Phi) is 4.45. The van der Waals surface area contributed by atoms with E-state index in [1.165, 1.54) is 0 Å². The third-order valence-corrected chi connectivity index (χ3v) is 3.70. The van der Waals surface area contributed by atoms with Crippen LogP contribution in [0.2, 0.25) is 0 Å². The van der Waals surface area contributed by atoms with Crippen molar-refractivity contribution in [2.24, 2.45) is 0 Å². The zero-order chi connectivity index (χ0) is 14.7. The van der Waals surface area contributed by atoms with Crippen LogP contribution in [0.4, 0.5) is 0 Å². The van der Waals surface area contributed by atoms with Crippen molar-refractivity contribution in [2.75, 3.05) is 7.11 Å². The Bertz CT molecular complexity index is 650. The van der Waals surface area contributed by atoms with Crippen LogP contribution in [0, 0.1) is 13.8 Å². The Balaban J connectivity index is 2.19. The number of hydrogen-bond donors (Lipinski definition) is 0. The van der Waals surface area contributed by atoms with Crippen molar-refractivity contribution in [3.63, 3.8) is 0 Å². The normalized spacial score (nSPS) is 10.2. The summed E-state index contributed by atoms with van der Waals surface area (Å²) < 4.78 is 11.2. The first-order chi connectivity index (χ1) is 9.51. The largest absolute Gasteiger partial charge is 0.496 e. The number of hydrogen-bond acceptors (Lipinski definition) is 3. The second-order valence-electron chi connectivity index (χ2n) is 4.48. The minimum absolute atomic E-state index is 0.392. The van der Waals surface area contributed by atoms with E-state index in [1.54, 1.807) is 31.4 Å². The Labute approximate surface area is 126 Å². The Morgan fingerprint density at radius 1 is 1.05 bits per heavy atom. The number of aryl methyl sites for hydroxylation is 2. The Morgan fingerprint density at radius 3 is 2.40 bits per heavy atom. The average Bonchev–Trinajstić information content (AvgIpc) is 2.42. The number of carbonyl (C=O) groups excluding carboxylic acids is 1. The molecule has 0 fully saturated rings. The smallest absolute Gasteiger partial charge is 0.343 e. The first-order valence-electron chi connectivity index (χ1n) is 6.14. The van der Waals surface area contributed by atoms with Crippen LogP contribution < -0.4 is 9.47 Å². The summed E-state index contributed by atoms with van der Waals surface area (Å²) in [5.41, 5.74) is 2.72. The van der Waals surface area contributed by atoms with Crippen LogP contribution in [0.15, 0.2) is 40.9 Å². The number of carbonyl (C=O) groups is 1. The summed E-state index contributed by atoms with van der Waals surface area (Å²) in [6.07, 6.45) is 0. The standard InChI is InChI=1S/C16H15BrO3/c1-10-4-6-13(8-11(10)2)20-16(18)12-5-7-15(19-3)14(17)9-12/h4-9H,1-3H3. The topological polar surface area (TPSA) is 35.5 Å². The molecule has 4 heteroatoms. The molecule has 0 radical (unpaired) electrons. The maximum Gasteiger partial charge on any atom is 0.343 e. The fourth-order valence-corrected chi connectivity index (χ4v) is 2.28. The van der Waals surface area contributed by atoms with Crippen molar-refractivity contribution in [1.82, 2.24) is 0 Å². The van der Waals surface area contributed by atoms with Crippen molar-refractivity contribution in [3.8, 4) is 11.5 Å². The van der Waals surface area contributed by atoms with Crippen molar-refractivity contribution in [1.29, 1.82) is 0 Å². The Morgan fingerprint density at radius 2 is 1.80 bits per heavy atom. The maximum atomic E-state index is 12.1. The van der Waals surface area contributed by atoms with Gasteiger partial charge in [0.2, 0.25) is 0 Å². The van der Waals surface area contributed by atoms with Gasteiger partial charge in [-0.25, -0.2) is 4.79 Å². The second-order valence-corrected chi connectivity index (χ2v) is 5.34. The summed E-state index contributed by atoms with van der Waals surface area (Å²) in [7, 11) is 1.58. The van der Waals surface area contributed by atoms with Crippen molar-refractivity contribution in [3.05, 3.63) is 57.6 Å². The summed E-state index contributed by atoms with van der Waals surface area (Å²) in [4.78, 5) is 12.1. The molecule has 104 valence electrons. The van der Waals surface area contributed by atoms with Crippen LogP contribution in [-0.2, 0) is 0 Å². The number of ether oxygens (including phenoxy) is 2. The van der Waals surface area contributed by atoms with E-state index in [9.17, 15) is 4.79 Å². The molecule has 0 N–H and O–H groups in total. The first kappa shape index (κ1) is 14.6. The van der Waals surface area contributed by atoms with Gasteiger partial charge in [-0.05, 0) is 71.2 Å². The molecule has 0 saturated carbocycles. The molecule has 0 atom stereocenters. The molecule has 3 nitrogen and oxygen atoms in total. The van der Waals surface area contributed by atoms with E-state index < -0.39 is 5.97 Å². The minimum Gasteiger partial charge on any atom is -0.496 e. The molecular formula is C16H15BrO3. The zero-order valence-corrected chi connectivity index (χ0v) is 13.2. The fraction of sp³-hybridized carbons (Fsp3) is 0.188. The van der Waals surface area contributed by atoms with E-state index in [4.69, 9.17) is 9.47 Å². The lowest BCUT2D eigenvalue weighted by molar-refractivity contribution is 0.0734. The van der Waals surface area contributed by atoms with Gasteiger partial charge in [-0.3, -0.25) is 0 Å². The monoisotopic (exact) mass is 334 g/mol. The number of esters is 1. The quantitative estimate of drug-likeness (QED) is 0.620. The highest BCUT2D eigenvalue weighted by Gasteiger charge is 2.11. The number of benzene rings is 2. The number of rotatable bonds is 3. The van der Waals surface area contributed by atoms with Gasteiger partial charge in [0.05, 0.1) is 17.1 Å². The van der Waals surface area contributed by atoms with Gasteiger partial charge in [-0.15, -0.1) is 0 Å². The van der Waals surface area contributed by atoms with Gasteiger partial charge in [0.25, 0.3) is 0 Å². The summed E-state index contributed by atoms with van der Waals surface area (Å²) in [6.45, 7) is 4.00. The predicted molar refractivity (Wildman–Crippen MR) is 81.6 cm³/mol. The predicted octanol–water partition coefficient (Wildman–Crippen LogP) is 4.29. The van der Waals surface area contributed by atoms with E-state index >= 15 is 0 Å². The Hall–Kier alpha value is -1.81. The van der Waals surface area contributed by atoms with E-state index in [0.29, 0.717) is 17.1 Å². The molecule has 0 bridgehead atoms. The zero-order valence-electron chi connectivity index (χ0n) is 11.6. The highest BCUT2D eigenvalue weighted by molar-refractivity contribution is 9.10. The van der Waals surface area contributed by atoms with Gasteiger partial charge in [0, 0.05) is 0 Å². The molecule has 0 aliphatic carbocycles. The van der Waals surface area contributed by atoms with Crippen molar-refractivity contribution < 1.29 is 14.3 Å². The van der Waals surface area contributed by atoms with E-state index in [1.807, 2.05) is 26.0 Å². The van der Waals surface area contributed by atoms with Crippen molar-refractivity contribution in [2.45, 2.75) is 13.8 Å². The number of methoxy groups -OCH3 is 1. The molecular weight excluding hydrogens is 320 g/mol. The lowest BCUT2D eigenvalue weighted by Gasteiger charge is -2.08. The molecule has 0 aliphatic heterocycles. The van der Waals surface area contributed by atoms with Gasteiger partial charge in [-0.1, -0.05) is 6.07 Å². The molecule has 0 saturated heterocycles. The van der Waals surface area contributed by atoms with Crippen LogP contribution in [0.1, 0.15) is 21.5 Å². The molecule has 0 amide bonds. The lowest BCUT2D eigenvalue weighted by atomic mass is 10.1. The third kappa shape index (κ3) is 3.20. The van der Waals surface area contributed by atoms with Crippen LogP contribution in [0.25, 0.3) is 0 Å². The minimum atomic E-state index is -0.392. The molecule has 2 aromatic carbocycles. The summed E-state index contributed by atoms with van der Waals surface area (Å²) >= 11 is 3.35. The van der Waals surface area contributed by atoms with Gasteiger partial charge in [0.1, 0.15) is 11.5 Å². The third-order valence-electron chi connectivity index (χ3n) is 3.08. The molecule has 0 spiro atoms. The van der Waals surface area contributed by atoms with Crippen molar-refractivity contribution >= 4 is 21.9 Å². The summed E-state index contributed by atoms with van der Waals surface area (Å²) in [5.74, 6) is 0.828. The molecule has 0 heterocycles. The molecule has 0 aliphatic rings. The van der Waals surface area contributed by atoms with E-state index in [-0.39, 0.29) is 0 Å². The van der Waals surface area contributed by atoms with Gasteiger partial charge in [0.15, 0.2) is 0 Å². The van der Waals surface area contributed by atoms with E-state index in [0.717, 1.165) is 15.6 Å².